The highest BCUT2D eigenvalue weighted by Crippen LogP contribution is 2.47. The third kappa shape index (κ3) is 2.14. The van der Waals surface area contributed by atoms with Crippen molar-refractivity contribution in [2.75, 3.05) is 6.61 Å². The highest BCUT2D eigenvalue weighted by Gasteiger charge is 2.37. The Labute approximate surface area is 178 Å². The lowest BCUT2D eigenvalue weighted by atomic mass is 9.92. The van der Waals surface area contributed by atoms with Crippen molar-refractivity contribution in [1.29, 1.82) is 0 Å². The van der Waals surface area contributed by atoms with Crippen LogP contribution in [0.4, 0.5) is 0 Å². The summed E-state index contributed by atoms with van der Waals surface area (Å²) in [7, 11) is 0. The smallest absolute Gasteiger partial charge is 0.214 e. The maximum atomic E-state index is 11.2. The highest BCUT2D eigenvalue weighted by atomic mass is 32.1. The van der Waals surface area contributed by atoms with E-state index in [0.29, 0.717) is 23.1 Å². The average molecular weight is 416 g/mol. The molecule has 7 rings (SSSR count). The summed E-state index contributed by atoms with van der Waals surface area (Å²) in [4.78, 5) is 3.68. The van der Waals surface area contributed by atoms with Crippen molar-refractivity contribution < 1.29 is 9.84 Å². The predicted octanol–water partition coefficient (Wildman–Crippen LogP) is 5.02. The molecule has 0 amide bonds. The fourth-order valence-electron chi connectivity index (χ4n) is 5.27. The number of para-hydroxylation sites is 1. The van der Waals surface area contributed by atoms with Crippen molar-refractivity contribution in [1.82, 2.24) is 14.1 Å². The number of H-pyrrole nitrogens is 1. The van der Waals surface area contributed by atoms with Crippen LogP contribution in [0.15, 0.2) is 42.5 Å². The largest absolute Gasteiger partial charge is 0.493 e. The zero-order valence-corrected chi connectivity index (χ0v) is 17.2. The Morgan fingerprint density at radius 1 is 1.10 bits per heavy atom. The number of imidazole rings is 1. The molecule has 30 heavy (non-hydrogen) atoms. The first-order valence-corrected chi connectivity index (χ1v) is 11.0. The molecule has 5 nitrogen and oxygen atoms in total. The van der Waals surface area contributed by atoms with Gasteiger partial charge >= 0.3 is 0 Å². The van der Waals surface area contributed by atoms with Crippen LogP contribution in [0.25, 0.3) is 10.9 Å². The first-order chi connectivity index (χ1) is 14.7. The van der Waals surface area contributed by atoms with Crippen LogP contribution in [0.3, 0.4) is 0 Å². The summed E-state index contributed by atoms with van der Waals surface area (Å²) in [5.74, 6) is 1.30. The van der Waals surface area contributed by atoms with Gasteiger partial charge in [-0.2, -0.15) is 0 Å². The molecule has 2 aromatic heterocycles. The van der Waals surface area contributed by atoms with Gasteiger partial charge in [0.2, 0.25) is 5.88 Å². The molecule has 1 saturated carbocycles. The van der Waals surface area contributed by atoms with Crippen LogP contribution in [0.2, 0.25) is 0 Å². The molecule has 150 valence electrons. The molecule has 1 unspecified atom stereocenters. The van der Waals surface area contributed by atoms with E-state index in [-0.39, 0.29) is 6.04 Å². The fourth-order valence-corrected chi connectivity index (χ4v) is 5.72. The Kier molecular flexibility index (Phi) is 3.24. The Hall–Kier alpha value is -2.99. The Balaban J connectivity index is 1.53. The molecule has 1 atom stereocenters. The number of nitrogens with zero attached hydrogens (tertiary/aromatic N) is 2. The second-order valence-corrected chi connectivity index (χ2v) is 9.00. The van der Waals surface area contributed by atoms with Gasteiger partial charge in [0.1, 0.15) is 11.8 Å². The number of ether oxygens (including phenoxy) is 1. The van der Waals surface area contributed by atoms with Crippen LogP contribution in [-0.4, -0.2) is 25.8 Å². The van der Waals surface area contributed by atoms with E-state index in [9.17, 15) is 5.11 Å². The van der Waals surface area contributed by atoms with Crippen molar-refractivity contribution in [3.63, 3.8) is 0 Å². The summed E-state index contributed by atoms with van der Waals surface area (Å²) in [6.45, 7) is 0.741. The van der Waals surface area contributed by atoms with Crippen LogP contribution >= 0.6 is 12.2 Å². The number of aromatic hydroxyl groups is 1. The lowest BCUT2D eigenvalue weighted by molar-refractivity contribution is 0.356. The van der Waals surface area contributed by atoms with Gasteiger partial charge in [0.05, 0.1) is 12.3 Å². The average Bonchev–Trinajstić information content (AvgIpc) is 3.27. The third-order valence-corrected chi connectivity index (χ3v) is 7.25. The fraction of sp³-hybridized carbons (Fsp3) is 0.292. The molecule has 4 aromatic rings. The summed E-state index contributed by atoms with van der Waals surface area (Å²) in [6, 6.07) is 15.2. The van der Waals surface area contributed by atoms with Gasteiger partial charge in [-0.3, -0.25) is 4.57 Å². The molecule has 2 aromatic carbocycles. The van der Waals surface area contributed by atoms with Crippen LogP contribution in [-0.2, 0) is 12.8 Å². The zero-order chi connectivity index (χ0) is 20.0. The molecule has 0 spiro atoms. The molecule has 2 N–H and O–H groups in total. The number of rotatable bonds is 2. The minimum Gasteiger partial charge on any atom is -0.493 e. The molecule has 2 aliphatic heterocycles. The van der Waals surface area contributed by atoms with E-state index in [1.165, 1.54) is 16.5 Å². The summed E-state index contributed by atoms with van der Waals surface area (Å²) in [6.07, 6.45) is 3.79. The lowest BCUT2D eigenvalue weighted by Crippen LogP contribution is -2.21. The maximum Gasteiger partial charge on any atom is 0.214 e. The molecule has 6 heteroatoms. The van der Waals surface area contributed by atoms with Gasteiger partial charge in [0.25, 0.3) is 0 Å². The van der Waals surface area contributed by atoms with Gasteiger partial charge in [-0.25, -0.2) is 0 Å². The lowest BCUT2D eigenvalue weighted by Gasteiger charge is -2.27. The number of nitrogens with one attached hydrogen (secondary N) is 1. The third-order valence-electron chi connectivity index (χ3n) is 6.86. The van der Waals surface area contributed by atoms with Crippen molar-refractivity contribution in [3.05, 3.63) is 75.3 Å². The molecule has 1 aliphatic carbocycles. The van der Waals surface area contributed by atoms with Crippen LogP contribution in [0, 0.1) is 4.77 Å². The Morgan fingerprint density at radius 3 is 2.83 bits per heavy atom. The minimum absolute atomic E-state index is 0.107. The van der Waals surface area contributed by atoms with Gasteiger partial charge < -0.3 is 19.4 Å². The molecule has 0 bridgehead atoms. The summed E-state index contributed by atoms with van der Waals surface area (Å²) < 4.78 is 10.7. The molecular weight excluding hydrogens is 394 g/mol. The van der Waals surface area contributed by atoms with Crippen LogP contribution in [0.1, 0.15) is 53.0 Å². The van der Waals surface area contributed by atoms with Crippen molar-refractivity contribution in [3.8, 4) is 11.6 Å². The molecule has 4 heterocycles. The second kappa shape index (κ2) is 5.79. The van der Waals surface area contributed by atoms with E-state index in [1.54, 1.807) is 0 Å². The number of aromatic amines is 1. The normalized spacial score (nSPS) is 19.4. The molecular formula is C24H21N3O2S. The number of fused-ring (bicyclic) bond motifs is 5. The first kappa shape index (κ1) is 16.8. The summed E-state index contributed by atoms with van der Waals surface area (Å²) >= 11 is 5.92. The topological polar surface area (TPSA) is 55.1 Å². The minimum atomic E-state index is -0.107. The van der Waals surface area contributed by atoms with Gasteiger partial charge in [-0.15, -0.1) is 0 Å². The van der Waals surface area contributed by atoms with E-state index >= 15 is 0 Å². The van der Waals surface area contributed by atoms with Gasteiger partial charge in [-0.1, -0.05) is 30.3 Å². The van der Waals surface area contributed by atoms with E-state index in [2.05, 4.69) is 52.0 Å². The molecule has 0 saturated heterocycles. The Bertz CT molecular complexity index is 1410. The SMILES string of the molecule is Oc1c2n(c(=S)n1C1CC1)C(c1ccc3c(c1)OCC3)c1[nH]c3ccccc3c1C2. The van der Waals surface area contributed by atoms with E-state index < -0.39 is 0 Å². The standard InChI is InChI=1S/C24H21N3O2S/c28-23-19-12-17-16-3-1-2-4-18(16)25-21(17)22(27(19)24(30)26(23)15-7-8-15)14-6-5-13-9-10-29-20(13)11-14/h1-6,11,15,22,25,28H,7-10,12H2. The van der Waals surface area contributed by atoms with E-state index in [0.717, 1.165) is 54.1 Å². The predicted molar refractivity (Wildman–Crippen MR) is 117 cm³/mol. The van der Waals surface area contributed by atoms with Crippen LogP contribution < -0.4 is 4.74 Å². The van der Waals surface area contributed by atoms with Gasteiger partial charge in [0, 0.05) is 35.5 Å². The number of benzene rings is 2. The van der Waals surface area contributed by atoms with Gasteiger partial charge in [-0.05, 0) is 53.9 Å². The zero-order valence-electron chi connectivity index (χ0n) is 16.4. The molecule has 3 aliphatic rings. The second-order valence-electron chi connectivity index (χ2n) is 8.63. The van der Waals surface area contributed by atoms with Crippen LogP contribution in [0.5, 0.6) is 11.6 Å². The first-order valence-electron chi connectivity index (χ1n) is 10.6. The number of hydrogen-bond acceptors (Lipinski definition) is 3. The quantitative estimate of drug-likeness (QED) is 0.398. The van der Waals surface area contributed by atoms with E-state index in [1.807, 2.05) is 4.57 Å². The van der Waals surface area contributed by atoms with Crippen molar-refractivity contribution >= 4 is 23.1 Å². The van der Waals surface area contributed by atoms with Gasteiger partial charge in [0.15, 0.2) is 4.77 Å². The van der Waals surface area contributed by atoms with Crippen molar-refractivity contribution in [2.24, 2.45) is 0 Å². The maximum absolute atomic E-state index is 11.2. The van der Waals surface area contributed by atoms with Crippen molar-refractivity contribution in [2.45, 2.75) is 37.8 Å². The monoisotopic (exact) mass is 415 g/mol. The van der Waals surface area contributed by atoms with E-state index in [4.69, 9.17) is 17.0 Å². The number of hydrogen-bond donors (Lipinski definition) is 2. The summed E-state index contributed by atoms with van der Waals surface area (Å²) in [5.41, 5.74) is 6.83. The summed E-state index contributed by atoms with van der Waals surface area (Å²) in [5, 5.41) is 12.4. The Morgan fingerprint density at radius 2 is 1.97 bits per heavy atom. The highest BCUT2D eigenvalue weighted by molar-refractivity contribution is 7.71. The number of aromatic nitrogens is 3. The molecule has 1 fully saturated rings. The molecule has 0 radical (unpaired) electrons.